The molecule has 0 aliphatic carbocycles. The van der Waals surface area contributed by atoms with Gasteiger partial charge in [0.1, 0.15) is 11.3 Å². The molecule has 1 fully saturated rings. The molecule has 222 valence electrons. The molecule has 0 bridgehead atoms. The molecule has 11 heteroatoms. The lowest BCUT2D eigenvalue weighted by atomic mass is 9.91. The van der Waals surface area contributed by atoms with Gasteiger partial charge in [0.15, 0.2) is 5.52 Å². The van der Waals surface area contributed by atoms with Crippen LogP contribution in [0.1, 0.15) is 28.8 Å². The number of aliphatic hydroxyl groups is 1. The van der Waals surface area contributed by atoms with Gasteiger partial charge in [0, 0.05) is 54.1 Å². The number of fused-ring (bicyclic) bond motifs is 1. The molecule has 0 saturated carbocycles. The van der Waals surface area contributed by atoms with Gasteiger partial charge in [-0.1, -0.05) is 36.4 Å². The Kier molecular flexibility index (Phi) is 7.95. The predicted octanol–water partition coefficient (Wildman–Crippen LogP) is 4.25. The standard InChI is InChI=1S/C32H33FN6O3S/c1-21-3-10-27(43-21)24-8-9-25(26(33)15-24)17-38-13-11-32(42,12-14-38)18-39-19-35-28-29(31(39)41)36-37(2)30(28)23-6-4-22(5-7-23)16-34-20-40/h3-10,15,19-20,42H,11-14,16-18H2,1-2H3,(H,34,40). The van der Waals surface area contributed by atoms with E-state index in [0.29, 0.717) is 62.2 Å². The third-order valence-electron chi connectivity index (χ3n) is 8.15. The molecular formula is C32H33FN6O3S. The lowest BCUT2D eigenvalue weighted by molar-refractivity contribution is -0.109. The van der Waals surface area contributed by atoms with E-state index in [2.05, 4.69) is 20.3 Å². The predicted molar refractivity (Wildman–Crippen MR) is 165 cm³/mol. The normalized spacial score (nSPS) is 15.2. The van der Waals surface area contributed by atoms with E-state index < -0.39 is 5.60 Å². The average Bonchev–Trinajstić information content (AvgIpc) is 3.59. The first kappa shape index (κ1) is 28.9. The third kappa shape index (κ3) is 6.01. The van der Waals surface area contributed by atoms with Gasteiger partial charge in [-0.05, 0) is 49.1 Å². The van der Waals surface area contributed by atoms with Gasteiger partial charge >= 0.3 is 0 Å². The summed E-state index contributed by atoms with van der Waals surface area (Å²) in [6, 6.07) is 17.1. The van der Waals surface area contributed by atoms with Gasteiger partial charge in [-0.3, -0.25) is 23.7 Å². The summed E-state index contributed by atoms with van der Waals surface area (Å²) in [6.45, 7) is 4.20. The van der Waals surface area contributed by atoms with Crippen LogP contribution in [0.3, 0.4) is 0 Å². The number of nitrogens with zero attached hydrogens (tertiary/aromatic N) is 5. The number of piperidine rings is 1. The molecule has 2 aromatic carbocycles. The number of hydrogen-bond donors (Lipinski definition) is 2. The number of thiophene rings is 1. The number of aryl methyl sites for hydroxylation is 2. The Bertz CT molecular complexity index is 1840. The van der Waals surface area contributed by atoms with Crippen LogP contribution in [-0.4, -0.2) is 54.4 Å². The molecule has 5 aromatic rings. The van der Waals surface area contributed by atoms with E-state index in [1.54, 1.807) is 29.1 Å². The average molecular weight is 601 g/mol. The van der Waals surface area contributed by atoms with E-state index in [-0.39, 0.29) is 23.4 Å². The highest BCUT2D eigenvalue weighted by atomic mass is 32.1. The summed E-state index contributed by atoms with van der Waals surface area (Å²) in [6.07, 6.45) is 3.04. The summed E-state index contributed by atoms with van der Waals surface area (Å²) < 4.78 is 18.1. The topological polar surface area (TPSA) is 105 Å². The highest BCUT2D eigenvalue weighted by Gasteiger charge is 2.33. The van der Waals surface area contributed by atoms with Crippen molar-refractivity contribution in [1.29, 1.82) is 0 Å². The summed E-state index contributed by atoms with van der Waals surface area (Å²) >= 11 is 1.65. The van der Waals surface area contributed by atoms with Crippen molar-refractivity contribution >= 4 is 28.8 Å². The van der Waals surface area contributed by atoms with Crippen LogP contribution < -0.4 is 10.9 Å². The molecule has 0 unspecified atom stereocenters. The maximum atomic E-state index is 15.0. The molecule has 3 aromatic heterocycles. The lowest BCUT2D eigenvalue weighted by Gasteiger charge is -2.38. The van der Waals surface area contributed by atoms with Crippen LogP contribution in [-0.2, 0) is 31.5 Å². The van der Waals surface area contributed by atoms with Gasteiger partial charge in [-0.15, -0.1) is 11.3 Å². The van der Waals surface area contributed by atoms with Crippen LogP contribution in [0.25, 0.3) is 32.7 Å². The van der Waals surface area contributed by atoms with Crippen LogP contribution in [0.5, 0.6) is 0 Å². The zero-order valence-electron chi connectivity index (χ0n) is 24.1. The Hall–Kier alpha value is -4.19. The van der Waals surface area contributed by atoms with E-state index in [0.717, 1.165) is 21.6 Å². The summed E-state index contributed by atoms with van der Waals surface area (Å²) in [4.78, 5) is 33.0. The first-order chi connectivity index (χ1) is 20.7. The molecule has 1 aliphatic heterocycles. The second kappa shape index (κ2) is 11.8. The van der Waals surface area contributed by atoms with Crippen molar-refractivity contribution in [2.24, 2.45) is 7.05 Å². The number of hydrogen-bond acceptors (Lipinski definition) is 7. The van der Waals surface area contributed by atoms with Crippen molar-refractivity contribution < 1.29 is 14.3 Å². The first-order valence-corrected chi connectivity index (χ1v) is 15.0. The fourth-order valence-electron chi connectivity index (χ4n) is 5.73. The Labute approximate surface area is 252 Å². The van der Waals surface area contributed by atoms with Crippen LogP contribution >= 0.6 is 11.3 Å². The highest BCUT2D eigenvalue weighted by Crippen LogP contribution is 2.31. The van der Waals surface area contributed by atoms with E-state index >= 15 is 0 Å². The summed E-state index contributed by atoms with van der Waals surface area (Å²) in [5.74, 6) is -0.226. The number of nitrogens with one attached hydrogen (secondary N) is 1. The SMILES string of the molecule is Cc1ccc(-c2ccc(CN3CCC(O)(Cn4cnc5c(-c6ccc(CNC=O)cc6)n(C)nc5c4=O)CC3)c(F)c2)s1. The molecule has 9 nitrogen and oxygen atoms in total. The van der Waals surface area contributed by atoms with Gasteiger partial charge in [0.2, 0.25) is 6.41 Å². The Balaban J connectivity index is 1.13. The quantitative estimate of drug-likeness (QED) is 0.245. The number of carbonyl (C=O) groups excluding carboxylic acids is 1. The number of aromatic nitrogens is 4. The number of likely N-dealkylation sites (tertiary alicyclic amines) is 1. The maximum absolute atomic E-state index is 15.0. The number of rotatable bonds is 9. The molecule has 4 heterocycles. The molecule has 1 saturated heterocycles. The number of benzene rings is 2. The molecule has 1 amide bonds. The van der Waals surface area contributed by atoms with Gasteiger partial charge in [0.25, 0.3) is 5.56 Å². The second-order valence-electron chi connectivity index (χ2n) is 11.3. The van der Waals surface area contributed by atoms with Crippen molar-refractivity contribution in [3.05, 3.63) is 93.1 Å². The molecule has 1 aliphatic rings. The van der Waals surface area contributed by atoms with Crippen molar-refractivity contribution in [2.75, 3.05) is 13.1 Å². The fourth-order valence-corrected chi connectivity index (χ4v) is 6.60. The molecule has 6 rings (SSSR count). The largest absolute Gasteiger partial charge is 0.388 e. The molecule has 0 spiro atoms. The number of carbonyl (C=O) groups is 1. The first-order valence-electron chi connectivity index (χ1n) is 14.2. The third-order valence-corrected chi connectivity index (χ3v) is 9.20. The second-order valence-corrected chi connectivity index (χ2v) is 12.5. The minimum atomic E-state index is -1.09. The van der Waals surface area contributed by atoms with Crippen LogP contribution in [0.4, 0.5) is 4.39 Å². The van der Waals surface area contributed by atoms with Gasteiger partial charge in [-0.25, -0.2) is 9.37 Å². The minimum absolute atomic E-state index is 0.107. The van der Waals surface area contributed by atoms with Crippen molar-refractivity contribution in [2.45, 2.75) is 45.0 Å². The van der Waals surface area contributed by atoms with Crippen LogP contribution in [0.15, 0.2) is 65.7 Å². The highest BCUT2D eigenvalue weighted by molar-refractivity contribution is 7.15. The van der Waals surface area contributed by atoms with Crippen LogP contribution in [0.2, 0.25) is 0 Å². The van der Waals surface area contributed by atoms with Crippen LogP contribution in [0, 0.1) is 12.7 Å². The zero-order valence-corrected chi connectivity index (χ0v) is 24.9. The van der Waals surface area contributed by atoms with Crippen molar-refractivity contribution in [3.8, 4) is 21.7 Å². The molecule has 0 atom stereocenters. The fraction of sp³-hybridized carbons (Fsp3) is 0.312. The van der Waals surface area contributed by atoms with Crippen molar-refractivity contribution in [3.63, 3.8) is 0 Å². The van der Waals surface area contributed by atoms with Gasteiger partial charge < -0.3 is 10.4 Å². The molecule has 0 radical (unpaired) electrons. The summed E-state index contributed by atoms with van der Waals surface area (Å²) in [5, 5.41) is 18.5. The lowest BCUT2D eigenvalue weighted by Crippen LogP contribution is -2.47. The van der Waals surface area contributed by atoms with Gasteiger partial charge in [0.05, 0.1) is 24.2 Å². The Morgan fingerprint density at radius 1 is 1.07 bits per heavy atom. The van der Waals surface area contributed by atoms with E-state index in [9.17, 15) is 19.1 Å². The zero-order chi connectivity index (χ0) is 30.1. The smallest absolute Gasteiger partial charge is 0.281 e. The summed E-state index contributed by atoms with van der Waals surface area (Å²) in [5.41, 5.74) is 3.36. The molecular weight excluding hydrogens is 567 g/mol. The summed E-state index contributed by atoms with van der Waals surface area (Å²) in [7, 11) is 1.77. The maximum Gasteiger partial charge on any atom is 0.281 e. The van der Waals surface area contributed by atoms with E-state index in [4.69, 9.17) is 0 Å². The molecule has 43 heavy (non-hydrogen) atoms. The van der Waals surface area contributed by atoms with Crippen molar-refractivity contribution in [1.82, 2.24) is 29.5 Å². The Morgan fingerprint density at radius 3 is 2.49 bits per heavy atom. The van der Waals surface area contributed by atoms with E-state index in [1.165, 1.54) is 15.8 Å². The number of amides is 1. The number of halogens is 1. The molecule has 2 N–H and O–H groups in total. The monoisotopic (exact) mass is 600 g/mol. The Morgan fingerprint density at radius 2 is 1.81 bits per heavy atom. The van der Waals surface area contributed by atoms with Gasteiger partial charge in [-0.2, -0.15) is 5.10 Å². The minimum Gasteiger partial charge on any atom is -0.388 e. The van der Waals surface area contributed by atoms with E-state index in [1.807, 2.05) is 55.5 Å².